The number of nitrogens with two attached hydrogens (primary N) is 1. The van der Waals surface area contributed by atoms with Gasteiger partial charge in [-0.25, -0.2) is 0 Å². The third-order valence-electron chi connectivity index (χ3n) is 2.66. The van der Waals surface area contributed by atoms with Gasteiger partial charge in [-0.05, 0) is 37.8 Å². The highest BCUT2D eigenvalue weighted by Crippen LogP contribution is 2.24. The van der Waals surface area contributed by atoms with Crippen LogP contribution in [-0.4, -0.2) is 25.9 Å². The molecule has 0 fully saturated rings. The first kappa shape index (κ1) is 15.0. The normalized spacial score (nSPS) is 12.4. The zero-order valence-corrected chi connectivity index (χ0v) is 11.7. The molecule has 0 saturated carbocycles. The third-order valence-corrected chi connectivity index (χ3v) is 2.66. The fourth-order valence-electron chi connectivity index (χ4n) is 1.88. The van der Waals surface area contributed by atoms with Crippen LogP contribution >= 0.6 is 0 Å². The maximum atomic E-state index is 5.86. The molecule has 1 unspecified atom stereocenters. The lowest BCUT2D eigenvalue weighted by atomic mass is 10.0. The summed E-state index contributed by atoms with van der Waals surface area (Å²) in [5, 5.41) is 0. The van der Waals surface area contributed by atoms with E-state index >= 15 is 0 Å². The van der Waals surface area contributed by atoms with Gasteiger partial charge in [0.1, 0.15) is 12.4 Å². The van der Waals surface area contributed by atoms with Crippen molar-refractivity contribution >= 4 is 0 Å². The van der Waals surface area contributed by atoms with Crippen molar-refractivity contribution < 1.29 is 9.47 Å². The average Bonchev–Trinajstić information content (AvgIpc) is 2.31. The van der Waals surface area contributed by atoms with Crippen molar-refractivity contribution in [3.05, 3.63) is 29.3 Å². The molecule has 1 rings (SSSR count). The highest BCUT2D eigenvalue weighted by molar-refractivity contribution is 5.41. The van der Waals surface area contributed by atoms with Gasteiger partial charge in [-0.1, -0.05) is 25.1 Å². The minimum atomic E-state index is 0.144. The van der Waals surface area contributed by atoms with Gasteiger partial charge in [-0.2, -0.15) is 0 Å². The molecule has 3 heteroatoms. The van der Waals surface area contributed by atoms with E-state index in [1.54, 1.807) is 0 Å². The SMILES string of the molecule is CCCOCCOc1c(C)cccc1CC(C)N. The lowest BCUT2D eigenvalue weighted by Gasteiger charge is -2.15. The zero-order chi connectivity index (χ0) is 13.4. The molecule has 3 nitrogen and oxygen atoms in total. The highest BCUT2D eigenvalue weighted by Gasteiger charge is 2.08. The van der Waals surface area contributed by atoms with Crippen molar-refractivity contribution in [2.75, 3.05) is 19.8 Å². The van der Waals surface area contributed by atoms with E-state index in [2.05, 4.69) is 26.0 Å². The number of benzene rings is 1. The first-order chi connectivity index (χ1) is 8.65. The Balaban J connectivity index is 2.56. The standard InChI is InChI=1S/C15H25NO2/c1-4-8-17-9-10-18-15-12(2)6-5-7-14(15)11-13(3)16/h5-7,13H,4,8-11,16H2,1-3H3. The van der Waals surface area contributed by atoms with Gasteiger partial charge < -0.3 is 15.2 Å². The number of hydrogen-bond donors (Lipinski definition) is 1. The van der Waals surface area contributed by atoms with Crippen molar-refractivity contribution in [1.82, 2.24) is 0 Å². The van der Waals surface area contributed by atoms with Gasteiger partial charge in [-0.3, -0.25) is 0 Å². The molecule has 0 aromatic heterocycles. The van der Waals surface area contributed by atoms with E-state index in [9.17, 15) is 0 Å². The van der Waals surface area contributed by atoms with Crippen LogP contribution in [0.5, 0.6) is 5.75 Å². The molecule has 0 heterocycles. The largest absolute Gasteiger partial charge is 0.491 e. The molecule has 0 aliphatic carbocycles. The summed E-state index contributed by atoms with van der Waals surface area (Å²) in [7, 11) is 0. The molecule has 1 atom stereocenters. The minimum Gasteiger partial charge on any atom is -0.491 e. The van der Waals surface area contributed by atoms with Crippen LogP contribution in [0.15, 0.2) is 18.2 Å². The van der Waals surface area contributed by atoms with Crippen LogP contribution in [0.1, 0.15) is 31.4 Å². The second-order valence-electron chi connectivity index (χ2n) is 4.71. The molecular formula is C15H25NO2. The molecule has 0 aliphatic heterocycles. The molecule has 0 bridgehead atoms. The van der Waals surface area contributed by atoms with E-state index in [0.717, 1.165) is 30.8 Å². The lowest BCUT2D eigenvalue weighted by Crippen LogP contribution is -2.19. The van der Waals surface area contributed by atoms with Crippen LogP contribution in [-0.2, 0) is 11.2 Å². The molecule has 0 saturated heterocycles. The fraction of sp³-hybridized carbons (Fsp3) is 0.600. The summed E-state index contributed by atoms with van der Waals surface area (Å²) >= 11 is 0. The Bertz CT molecular complexity index is 350. The summed E-state index contributed by atoms with van der Waals surface area (Å²) < 4.78 is 11.3. The summed E-state index contributed by atoms with van der Waals surface area (Å²) in [4.78, 5) is 0. The Morgan fingerprint density at radius 3 is 2.67 bits per heavy atom. The molecule has 0 aliphatic rings. The summed E-state index contributed by atoms with van der Waals surface area (Å²) in [5.41, 5.74) is 8.19. The number of aryl methyl sites for hydroxylation is 1. The van der Waals surface area contributed by atoms with Gasteiger partial charge in [0.05, 0.1) is 6.61 Å². The predicted octanol–water partition coefficient (Wildman–Crippen LogP) is 2.69. The topological polar surface area (TPSA) is 44.5 Å². The molecule has 0 radical (unpaired) electrons. The average molecular weight is 251 g/mol. The van der Waals surface area contributed by atoms with Gasteiger partial charge in [-0.15, -0.1) is 0 Å². The Kier molecular flexibility index (Phi) is 6.76. The van der Waals surface area contributed by atoms with Gasteiger partial charge in [0.25, 0.3) is 0 Å². The molecule has 102 valence electrons. The highest BCUT2D eigenvalue weighted by atomic mass is 16.5. The van der Waals surface area contributed by atoms with E-state index in [4.69, 9.17) is 15.2 Å². The van der Waals surface area contributed by atoms with Crippen molar-refractivity contribution in [2.24, 2.45) is 5.73 Å². The minimum absolute atomic E-state index is 0.144. The molecular weight excluding hydrogens is 226 g/mol. The van der Waals surface area contributed by atoms with Crippen LogP contribution in [0, 0.1) is 6.92 Å². The molecule has 1 aromatic carbocycles. The van der Waals surface area contributed by atoms with E-state index in [-0.39, 0.29) is 6.04 Å². The fourth-order valence-corrected chi connectivity index (χ4v) is 1.88. The molecule has 0 amide bonds. The quantitative estimate of drug-likeness (QED) is 0.722. The monoisotopic (exact) mass is 251 g/mol. The van der Waals surface area contributed by atoms with Crippen LogP contribution < -0.4 is 10.5 Å². The summed E-state index contributed by atoms with van der Waals surface area (Å²) in [5.74, 6) is 0.967. The summed E-state index contributed by atoms with van der Waals surface area (Å²) in [6.45, 7) is 8.20. The summed E-state index contributed by atoms with van der Waals surface area (Å²) in [6.07, 6.45) is 1.88. The first-order valence-corrected chi connectivity index (χ1v) is 6.69. The van der Waals surface area contributed by atoms with E-state index < -0.39 is 0 Å². The van der Waals surface area contributed by atoms with Gasteiger partial charge >= 0.3 is 0 Å². The summed E-state index contributed by atoms with van der Waals surface area (Å²) in [6, 6.07) is 6.34. The predicted molar refractivity (Wildman–Crippen MR) is 75.1 cm³/mol. The van der Waals surface area contributed by atoms with Crippen LogP contribution in [0.2, 0.25) is 0 Å². The van der Waals surface area contributed by atoms with Crippen molar-refractivity contribution in [2.45, 2.75) is 39.7 Å². The Morgan fingerprint density at radius 2 is 2.00 bits per heavy atom. The van der Waals surface area contributed by atoms with Gasteiger partial charge in [0, 0.05) is 12.6 Å². The molecule has 1 aromatic rings. The van der Waals surface area contributed by atoms with Crippen molar-refractivity contribution in [3.63, 3.8) is 0 Å². The Hall–Kier alpha value is -1.06. The van der Waals surface area contributed by atoms with Gasteiger partial charge in [0.2, 0.25) is 0 Å². The van der Waals surface area contributed by atoms with Crippen molar-refractivity contribution in [3.8, 4) is 5.75 Å². The van der Waals surface area contributed by atoms with E-state index in [1.807, 2.05) is 13.0 Å². The number of para-hydroxylation sites is 1. The second kappa shape index (κ2) is 8.11. The van der Waals surface area contributed by atoms with E-state index in [1.165, 1.54) is 5.56 Å². The second-order valence-corrected chi connectivity index (χ2v) is 4.71. The van der Waals surface area contributed by atoms with Crippen LogP contribution in [0.4, 0.5) is 0 Å². The Morgan fingerprint density at radius 1 is 1.22 bits per heavy atom. The third kappa shape index (κ3) is 5.07. The maximum absolute atomic E-state index is 5.86. The van der Waals surface area contributed by atoms with Gasteiger partial charge in [0.15, 0.2) is 0 Å². The lowest BCUT2D eigenvalue weighted by molar-refractivity contribution is 0.1000. The first-order valence-electron chi connectivity index (χ1n) is 6.69. The number of ether oxygens (including phenoxy) is 2. The Labute approximate surface area is 110 Å². The smallest absolute Gasteiger partial charge is 0.125 e. The van der Waals surface area contributed by atoms with Crippen molar-refractivity contribution in [1.29, 1.82) is 0 Å². The molecule has 0 spiro atoms. The zero-order valence-electron chi connectivity index (χ0n) is 11.7. The molecule has 18 heavy (non-hydrogen) atoms. The van der Waals surface area contributed by atoms with Crippen LogP contribution in [0.25, 0.3) is 0 Å². The number of hydrogen-bond acceptors (Lipinski definition) is 3. The maximum Gasteiger partial charge on any atom is 0.125 e. The van der Waals surface area contributed by atoms with Crippen LogP contribution in [0.3, 0.4) is 0 Å². The molecule has 2 N–H and O–H groups in total. The van der Waals surface area contributed by atoms with E-state index in [0.29, 0.717) is 13.2 Å². The number of rotatable bonds is 8.